The molecule has 2 aliphatic heterocycles. The summed E-state index contributed by atoms with van der Waals surface area (Å²) in [5.74, 6) is -0.674. The number of rotatable bonds is 5. The largest absolute Gasteiger partial charge is 0.368 e. The van der Waals surface area contributed by atoms with E-state index in [1.165, 1.54) is 4.90 Å². The molecule has 0 atom stereocenters. The molecule has 1 fully saturated rings. The third kappa shape index (κ3) is 4.89. The smallest absolute Gasteiger partial charge is 0.256 e. The van der Waals surface area contributed by atoms with Gasteiger partial charge < -0.3 is 20.0 Å². The van der Waals surface area contributed by atoms with Crippen molar-refractivity contribution in [2.45, 2.75) is 13.0 Å². The van der Waals surface area contributed by atoms with Crippen molar-refractivity contribution in [3.05, 3.63) is 76.6 Å². The molecular formula is C26H24ClN5O3S. The first-order valence-corrected chi connectivity index (χ1v) is 12.4. The lowest BCUT2D eigenvalue weighted by Gasteiger charge is -2.36. The van der Waals surface area contributed by atoms with Crippen molar-refractivity contribution in [1.29, 1.82) is 0 Å². The van der Waals surface area contributed by atoms with Gasteiger partial charge in [0.05, 0.1) is 5.57 Å². The van der Waals surface area contributed by atoms with Gasteiger partial charge in [0, 0.05) is 83.9 Å². The molecule has 1 saturated heterocycles. The molecule has 3 heterocycles. The number of amides is 3. The third-order valence-electron chi connectivity index (χ3n) is 6.59. The molecule has 8 nitrogen and oxygen atoms in total. The van der Waals surface area contributed by atoms with Gasteiger partial charge in [-0.25, -0.2) is 0 Å². The number of carbonyl (C=O) groups excluding carboxylic acids is 3. The fourth-order valence-corrected chi connectivity index (χ4v) is 5.05. The maximum atomic E-state index is 13.1. The minimum atomic E-state index is -0.367. The van der Waals surface area contributed by atoms with E-state index in [2.05, 4.69) is 15.2 Å². The Morgan fingerprint density at radius 2 is 1.83 bits per heavy atom. The maximum Gasteiger partial charge on any atom is 0.256 e. The van der Waals surface area contributed by atoms with Crippen molar-refractivity contribution in [2.75, 3.05) is 42.9 Å². The topological polar surface area (TPSA) is 85.8 Å². The fourth-order valence-electron chi connectivity index (χ4n) is 4.63. The molecule has 1 N–H and O–H groups in total. The van der Waals surface area contributed by atoms with Crippen LogP contribution in [0.4, 0.5) is 11.4 Å². The monoisotopic (exact) mass is 521 g/mol. The molecule has 0 spiro atoms. The fraction of sp³-hybridized carbons (Fsp3) is 0.269. The lowest BCUT2D eigenvalue weighted by atomic mass is 10.0. The molecule has 0 saturated carbocycles. The van der Waals surface area contributed by atoms with E-state index in [0.717, 1.165) is 18.8 Å². The molecule has 184 valence electrons. The molecule has 2 aromatic rings. The molecule has 5 rings (SSSR count). The molecular weight excluding hydrogens is 498 g/mol. The van der Waals surface area contributed by atoms with Gasteiger partial charge in [0.25, 0.3) is 11.8 Å². The molecule has 36 heavy (non-hydrogen) atoms. The number of thiocarbonyl (C=S) groups is 1. The molecule has 0 bridgehead atoms. The van der Waals surface area contributed by atoms with E-state index in [4.69, 9.17) is 23.8 Å². The molecule has 1 aliphatic carbocycles. The highest BCUT2D eigenvalue weighted by atomic mass is 35.5. The predicted molar refractivity (Wildman–Crippen MR) is 142 cm³/mol. The number of nitrogens with one attached hydrogen (secondary N) is 1. The van der Waals surface area contributed by atoms with Crippen LogP contribution in [0.15, 0.2) is 65.5 Å². The lowest BCUT2D eigenvalue weighted by molar-refractivity contribution is -0.132. The highest BCUT2D eigenvalue weighted by Crippen LogP contribution is 2.30. The van der Waals surface area contributed by atoms with E-state index in [0.29, 0.717) is 51.8 Å². The van der Waals surface area contributed by atoms with E-state index in [-0.39, 0.29) is 30.8 Å². The molecule has 10 heteroatoms. The van der Waals surface area contributed by atoms with Crippen molar-refractivity contribution in [1.82, 2.24) is 14.8 Å². The van der Waals surface area contributed by atoms with E-state index >= 15 is 0 Å². The number of aromatic nitrogens is 1. The first-order valence-electron chi connectivity index (χ1n) is 11.7. The summed E-state index contributed by atoms with van der Waals surface area (Å²) in [5.41, 5.74) is 3.13. The maximum absolute atomic E-state index is 13.1. The number of pyridine rings is 1. The number of carbonyl (C=O) groups is 3. The Bertz CT molecular complexity index is 1300. The zero-order valence-corrected chi connectivity index (χ0v) is 21.0. The van der Waals surface area contributed by atoms with Crippen molar-refractivity contribution in [3.63, 3.8) is 0 Å². The van der Waals surface area contributed by atoms with Crippen LogP contribution in [0.3, 0.4) is 0 Å². The van der Waals surface area contributed by atoms with Crippen molar-refractivity contribution >= 4 is 57.8 Å². The zero-order chi connectivity index (χ0) is 25.2. The van der Waals surface area contributed by atoms with Crippen LogP contribution >= 0.6 is 23.8 Å². The van der Waals surface area contributed by atoms with Crippen molar-refractivity contribution in [2.24, 2.45) is 0 Å². The van der Waals surface area contributed by atoms with Crippen LogP contribution in [-0.2, 0) is 16.1 Å². The molecule has 1 aromatic heterocycles. The minimum absolute atomic E-state index is 0.00814. The van der Waals surface area contributed by atoms with Gasteiger partial charge in [-0.3, -0.25) is 19.4 Å². The molecule has 3 aliphatic rings. The van der Waals surface area contributed by atoms with Crippen LogP contribution in [0, 0.1) is 0 Å². The lowest BCUT2D eigenvalue weighted by Crippen LogP contribution is -2.51. The van der Waals surface area contributed by atoms with Crippen LogP contribution in [-0.4, -0.2) is 70.1 Å². The summed E-state index contributed by atoms with van der Waals surface area (Å²) in [5, 5.41) is 3.34. The first-order chi connectivity index (χ1) is 17.4. The molecule has 0 unspecified atom stereocenters. The first kappa shape index (κ1) is 24.1. The normalized spacial score (nSPS) is 17.5. The van der Waals surface area contributed by atoms with Crippen LogP contribution in [0.1, 0.15) is 22.3 Å². The van der Waals surface area contributed by atoms with Crippen LogP contribution in [0.2, 0.25) is 0 Å². The van der Waals surface area contributed by atoms with Gasteiger partial charge in [0.1, 0.15) is 6.54 Å². The summed E-state index contributed by atoms with van der Waals surface area (Å²) in [4.78, 5) is 49.1. The Kier molecular flexibility index (Phi) is 6.84. The van der Waals surface area contributed by atoms with Crippen LogP contribution in [0.25, 0.3) is 0 Å². The number of fused-ring (bicyclic) bond motifs is 1. The summed E-state index contributed by atoms with van der Waals surface area (Å²) in [6, 6.07) is 9.10. The summed E-state index contributed by atoms with van der Waals surface area (Å²) >= 11 is 11.4. The average Bonchev–Trinajstić information content (AvgIpc) is 3.22. The number of hydrogen-bond donors (Lipinski definition) is 1. The van der Waals surface area contributed by atoms with Gasteiger partial charge in [-0.15, -0.1) is 0 Å². The Morgan fingerprint density at radius 3 is 2.58 bits per heavy atom. The number of anilines is 2. The summed E-state index contributed by atoms with van der Waals surface area (Å²) in [6.07, 6.45) is 7.26. The van der Waals surface area contributed by atoms with E-state index in [1.807, 2.05) is 12.1 Å². The van der Waals surface area contributed by atoms with Gasteiger partial charge in [-0.1, -0.05) is 36.0 Å². The van der Waals surface area contributed by atoms with Crippen molar-refractivity contribution in [3.8, 4) is 0 Å². The average molecular weight is 522 g/mol. The second-order valence-electron chi connectivity index (χ2n) is 8.79. The Morgan fingerprint density at radius 1 is 1.08 bits per heavy atom. The quantitative estimate of drug-likeness (QED) is 0.608. The predicted octanol–water partition coefficient (Wildman–Crippen LogP) is 3.15. The number of benzene rings is 1. The van der Waals surface area contributed by atoms with E-state index in [9.17, 15) is 14.4 Å². The minimum Gasteiger partial charge on any atom is -0.368 e. The van der Waals surface area contributed by atoms with E-state index in [1.54, 1.807) is 47.6 Å². The summed E-state index contributed by atoms with van der Waals surface area (Å²) in [6.45, 7) is 2.85. The van der Waals surface area contributed by atoms with Gasteiger partial charge in [-0.05, 0) is 30.3 Å². The number of nitrogens with zero attached hydrogens (tertiary/aromatic N) is 4. The van der Waals surface area contributed by atoms with Crippen molar-refractivity contribution < 1.29 is 14.4 Å². The SMILES string of the molecule is O=C(Nc1cccc2c1CN(CC(=O)N1CCN(c3ccncc3)CC1)C2=O)C1=CC(Cl)=CCC1=S. The van der Waals surface area contributed by atoms with E-state index < -0.39 is 0 Å². The standard InChI is InChI=1S/C26H24ClN5O3S/c27-17-4-5-23(36)20(14-17)25(34)29-22-3-1-2-19-21(22)15-32(26(19)35)16-24(33)31-12-10-30(11-13-31)18-6-8-28-9-7-18/h1-4,6-9,14H,5,10-13,15-16H2,(H,29,34). The third-order valence-corrected chi connectivity index (χ3v) is 7.24. The second kappa shape index (κ2) is 10.2. The van der Waals surface area contributed by atoms with Crippen LogP contribution in [0.5, 0.6) is 0 Å². The second-order valence-corrected chi connectivity index (χ2v) is 9.72. The molecule has 0 radical (unpaired) electrons. The number of piperazine rings is 1. The van der Waals surface area contributed by atoms with Gasteiger partial charge in [0.2, 0.25) is 5.91 Å². The Hall–Kier alpha value is -3.56. The zero-order valence-electron chi connectivity index (χ0n) is 19.4. The van der Waals surface area contributed by atoms with Gasteiger partial charge in [-0.2, -0.15) is 0 Å². The number of hydrogen-bond acceptors (Lipinski definition) is 6. The highest BCUT2D eigenvalue weighted by molar-refractivity contribution is 7.81. The highest BCUT2D eigenvalue weighted by Gasteiger charge is 2.33. The number of halogens is 1. The summed E-state index contributed by atoms with van der Waals surface area (Å²) in [7, 11) is 0. The molecule has 1 aromatic carbocycles. The Balaban J connectivity index is 1.22. The van der Waals surface area contributed by atoms with Crippen LogP contribution < -0.4 is 10.2 Å². The van der Waals surface area contributed by atoms with Gasteiger partial charge >= 0.3 is 0 Å². The molecule has 3 amide bonds. The van der Waals surface area contributed by atoms with Gasteiger partial charge in [0.15, 0.2) is 0 Å². The summed E-state index contributed by atoms with van der Waals surface area (Å²) < 4.78 is 0. The Labute approximate surface area is 219 Å². The number of allylic oxidation sites excluding steroid dienone is 3.